The van der Waals surface area contributed by atoms with Crippen molar-refractivity contribution < 1.29 is 5.11 Å². The van der Waals surface area contributed by atoms with Crippen LogP contribution in [0.5, 0.6) is 0 Å². The highest BCUT2D eigenvalue weighted by Gasteiger charge is 2.03. The minimum Gasteiger partial charge on any atom is -0.396 e. The van der Waals surface area contributed by atoms with Gasteiger partial charge in [-0.05, 0) is 38.9 Å². The van der Waals surface area contributed by atoms with E-state index >= 15 is 0 Å². The van der Waals surface area contributed by atoms with Crippen LogP contribution in [0.2, 0.25) is 0 Å². The quantitative estimate of drug-likeness (QED) is 0.742. The van der Waals surface area contributed by atoms with Crippen molar-refractivity contribution in [3.63, 3.8) is 0 Å². The number of nitrogens with zero attached hydrogens (tertiary/aromatic N) is 1. The monoisotopic (exact) mass is 203 g/mol. The van der Waals surface area contributed by atoms with Crippen LogP contribution in [0.1, 0.15) is 40.5 Å². The third-order valence-electron chi connectivity index (χ3n) is 1.82. The molecular weight excluding hydrogens is 174 g/mol. The van der Waals surface area contributed by atoms with Gasteiger partial charge in [0.05, 0.1) is 0 Å². The Morgan fingerprint density at radius 2 is 1.57 bits per heavy atom. The third kappa shape index (κ3) is 17.9. The lowest BCUT2D eigenvalue weighted by Crippen LogP contribution is -2.17. The van der Waals surface area contributed by atoms with Crippen LogP contribution >= 0.6 is 0 Å². The van der Waals surface area contributed by atoms with Crippen molar-refractivity contribution in [2.24, 2.45) is 11.8 Å². The highest BCUT2D eigenvalue weighted by molar-refractivity contribution is 4.56. The van der Waals surface area contributed by atoms with Gasteiger partial charge in [-0.15, -0.1) is 0 Å². The molecule has 0 rings (SSSR count). The van der Waals surface area contributed by atoms with Gasteiger partial charge in [0, 0.05) is 6.61 Å². The zero-order valence-electron chi connectivity index (χ0n) is 10.9. The summed E-state index contributed by atoms with van der Waals surface area (Å²) in [5.41, 5.74) is 0. The van der Waals surface area contributed by atoms with Crippen molar-refractivity contribution in [1.82, 2.24) is 4.90 Å². The molecule has 0 saturated heterocycles. The Labute approximate surface area is 90.3 Å². The molecule has 0 amide bonds. The van der Waals surface area contributed by atoms with Gasteiger partial charge in [-0.1, -0.05) is 34.1 Å². The Balaban J connectivity index is 0. The summed E-state index contributed by atoms with van der Waals surface area (Å²) in [6.07, 6.45) is 2.20. The first-order chi connectivity index (χ1) is 6.43. The van der Waals surface area contributed by atoms with E-state index in [0.29, 0.717) is 12.5 Å². The van der Waals surface area contributed by atoms with Crippen LogP contribution in [0.4, 0.5) is 0 Å². The van der Waals surface area contributed by atoms with Gasteiger partial charge in [0.25, 0.3) is 0 Å². The van der Waals surface area contributed by atoms with Crippen LogP contribution in [-0.4, -0.2) is 37.3 Å². The van der Waals surface area contributed by atoms with E-state index in [1.165, 1.54) is 0 Å². The summed E-state index contributed by atoms with van der Waals surface area (Å²) in [5, 5.41) is 8.82. The molecule has 2 nitrogen and oxygen atoms in total. The third-order valence-corrected chi connectivity index (χ3v) is 1.82. The number of hydrogen-bond acceptors (Lipinski definition) is 2. The lowest BCUT2D eigenvalue weighted by Gasteiger charge is -2.14. The van der Waals surface area contributed by atoms with Crippen LogP contribution in [0.25, 0.3) is 0 Å². The average Bonchev–Trinajstić information content (AvgIpc) is 2.04. The van der Waals surface area contributed by atoms with Crippen LogP contribution in [0.3, 0.4) is 0 Å². The number of hydrogen-bond donors (Lipinski definition) is 1. The van der Waals surface area contributed by atoms with E-state index in [9.17, 15) is 0 Å². The predicted molar refractivity (Wildman–Crippen MR) is 64.5 cm³/mol. The van der Waals surface area contributed by atoms with Gasteiger partial charge >= 0.3 is 0 Å². The van der Waals surface area contributed by atoms with Gasteiger partial charge < -0.3 is 10.0 Å². The summed E-state index contributed by atoms with van der Waals surface area (Å²) >= 11 is 0. The molecule has 0 spiro atoms. The lowest BCUT2D eigenvalue weighted by atomic mass is 10.0. The smallest absolute Gasteiger partial charge is 0.0459 e. The summed E-state index contributed by atoms with van der Waals surface area (Å²) in [7, 11) is 4.12. The second kappa shape index (κ2) is 11.0. The largest absolute Gasteiger partial charge is 0.396 e. The molecule has 0 bridgehead atoms. The standard InChI is InChI=1S/C8H19NO.C4H10/c1-4-8(7-10)5-6-9(2)3;1-4(2)3/h8,10H,4-7H2,1-3H3;4H,1-3H3. The summed E-state index contributed by atoms with van der Waals surface area (Å²) in [6.45, 7) is 10.0. The SMILES string of the molecule is CC(C)C.CCC(CO)CCN(C)C. The Morgan fingerprint density at radius 3 is 1.79 bits per heavy atom. The lowest BCUT2D eigenvalue weighted by molar-refractivity contribution is 0.203. The Hall–Kier alpha value is -0.0800. The Morgan fingerprint density at radius 1 is 1.14 bits per heavy atom. The normalized spacial score (nSPS) is 12.6. The van der Waals surface area contributed by atoms with Crippen molar-refractivity contribution in [2.75, 3.05) is 27.2 Å². The van der Waals surface area contributed by atoms with Crippen LogP contribution in [-0.2, 0) is 0 Å². The number of aliphatic hydroxyl groups excluding tert-OH is 1. The van der Waals surface area contributed by atoms with Crippen molar-refractivity contribution in [3.8, 4) is 0 Å². The van der Waals surface area contributed by atoms with E-state index in [1.54, 1.807) is 0 Å². The summed E-state index contributed by atoms with van der Waals surface area (Å²) in [4.78, 5) is 2.15. The second-order valence-corrected chi connectivity index (χ2v) is 4.78. The van der Waals surface area contributed by atoms with Crippen molar-refractivity contribution >= 4 is 0 Å². The molecule has 14 heavy (non-hydrogen) atoms. The summed E-state index contributed by atoms with van der Waals surface area (Å²) in [6, 6.07) is 0. The number of aliphatic hydroxyl groups is 1. The molecule has 0 aromatic rings. The molecule has 1 N–H and O–H groups in total. The van der Waals surface area contributed by atoms with Gasteiger partial charge in [0.1, 0.15) is 0 Å². The second-order valence-electron chi connectivity index (χ2n) is 4.78. The molecule has 0 aromatic heterocycles. The molecule has 0 radical (unpaired) electrons. The van der Waals surface area contributed by atoms with E-state index in [1.807, 2.05) is 0 Å². The molecule has 2 heteroatoms. The molecule has 0 aliphatic carbocycles. The van der Waals surface area contributed by atoms with E-state index < -0.39 is 0 Å². The van der Waals surface area contributed by atoms with Crippen molar-refractivity contribution in [2.45, 2.75) is 40.5 Å². The van der Waals surface area contributed by atoms with Crippen molar-refractivity contribution in [1.29, 1.82) is 0 Å². The molecule has 0 aliphatic heterocycles. The van der Waals surface area contributed by atoms with Gasteiger partial charge in [-0.2, -0.15) is 0 Å². The van der Waals surface area contributed by atoms with E-state index in [-0.39, 0.29) is 0 Å². The van der Waals surface area contributed by atoms with Gasteiger partial charge in [0.2, 0.25) is 0 Å². The predicted octanol–water partition coefficient (Wildman–Crippen LogP) is 2.62. The first-order valence-corrected chi connectivity index (χ1v) is 5.69. The van der Waals surface area contributed by atoms with Crippen LogP contribution in [0.15, 0.2) is 0 Å². The van der Waals surface area contributed by atoms with Crippen LogP contribution < -0.4 is 0 Å². The highest BCUT2D eigenvalue weighted by Crippen LogP contribution is 2.06. The van der Waals surface area contributed by atoms with Crippen molar-refractivity contribution in [3.05, 3.63) is 0 Å². The minimum atomic E-state index is 0.338. The molecule has 0 fully saturated rings. The first-order valence-electron chi connectivity index (χ1n) is 5.69. The maximum absolute atomic E-state index is 8.82. The fraction of sp³-hybridized carbons (Fsp3) is 1.00. The molecule has 0 aromatic carbocycles. The topological polar surface area (TPSA) is 23.5 Å². The van der Waals surface area contributed by atoms with Gasteiger partial charge in [0.15, 0.2) is 0 Å². The maximum atomic E-state index is 8.82. The zero-order chi connectivity index (χ0) is 11.6. The van der Waals surface area contributed by atoms with Gasteiger partial charge in [-0.25, -0.2) is 0 Å². The average molecular weight is 203 g/mol. The molecular formula is C12H29NO. The summed E-state index contributed by atoms with van der Waals surface area (Å²) in [5.74, 6) is 1.34. The Bertz CT molecular complexity index is 95.7. The summed E-state index contributed by atoms with van der Waals surface area (Å²) < 4.78 is 0. The van der Waals surface area contributed by atoms with Crippen LogP contribution in [0, 0.1) is 11.8 Å². The fourth-order valence-corrected chi connectivity index (χ4v) is 0.865. The minimum absolute atomic E-state index is 0.338. The molecule has 88 valence electrons. The zero-order valence-corrected chi connectivity index (χ0v) is 10.9. The van der Waals surface area contributed by atoms with E-state index in [0.717, 1.165) is 25.3 Å². The highest BCUT2D eigenvalue weighted by atomic mass is 16.3. The molecule has 1 unspecified atom stereocenters. The van der Waals surface area contributed by atoms with E-state index in [4.69, 9.17) is 5.11 Å². The van der Waals surface area contributed by atoms with Gasteiger partial charge in [-0.3, -0.25) is 0 Å². The Kier molecular flexibility index (Phi) is 12.8. The number of rotatable bonds is 5. The van der Waals surface area contributed by atoms with E-state index in [2.05, 4.69) is 46.7 Å². The molecule has 1 atom stereocenters. The molecule has 0 saturated carbocycles. The fourth-order valence-electron chi connectivity index (χ4n) is 0.865. The molecule has 0 aliphatic rings. The molecule has 0 heterocycles. The first kappa shape index (κ1) is 16.4. The maximum Gasteiger partial charge on any atom is 0.0459 e.